The number of benzene rings is 1. The smallest absolute Gasteiger partial charge is 0.225 e. The third-order valence-electron chi connectivity index (χ3n) is 1.53. The maximum absolute atomic E-state index is 3.80. The van der Waals surface area contributed by atoms with E-state index < -0.39 is 0 Å². The molecular weight excluding hydrogens is 124 g/mol. The molecule has 10 heavy (non-hydrogen) atoms. The summed E-state index contributed by atoms with van der Waals surface area (Å²) in [5.74, 6) is 0.942. The van der Waals surface area contributed by atoms with Crippen LogP contribution in [0.3, 0.4) is 0 Å². The van der Waals surface area contributed by atoms with Crippen LogP contribution in [-0.4, -0.2) is 4.74 Å². The Hall–Kier alpha value is -0.980. The first kappa shape index (κ1) is 7.13. The van der Waals surface area contributed by atoms with Gasteiger partial charge in [-0.2, -0.15) is 0 Å². The monoisotopic (exact) mass is 136 g/mol. The molecule has 0 atom stereocenters. The van der Waals surface area contributed by atoms with Crippen LogP contribution in [0.2, 0.25) is 0 Å². The molecule has 0 aromatic heterocycles. The Balaban J connectivity index is 2.80. The van der Waals surface area contributed by atoms with Gasteiger partial charge >= 0.3 is 0 Å². The fourth-order valence-electron chi connectivity index (χ4n) is 0.837. The van der Waals surface area contributed by atoms with Crippen molar-refractivity contribution in [3.05, 3.63) is 36.9 Å². The van der Waals surface area contributed by atoms with Crippen molar-refractivity contribution >= 4 is 0 Å². The molecule has 1 rings (SSSR count). The first-order valence-electron chi connectivity index (χ1n) is 3.42. The Bertz CT molecular complexity index is 165. The summed E-state index contributed by atoms with van der Waals surface area (Å²) < 4.78 is 3.80. The Kier molecular flexibility index (Phi) is 2.32. The Morgan fingerprint density at radius 2 is 1.90 bits per heavy atom. The van der Waals surface area contributed by atoms with E-state index in [1.165, 1.54) is 5.56 Å². The Morgan fingerprint density at radius 3 is 2.30 bits per heavy atom. The van der Waals surface area contributed by atoms with Crippen molar-refractivity contribution in [2.24, 2.45) is 0 Å². The minimum Gasteiger partial charge on any atom is -0.722 e. The van der Waals surface area contributed by atoms with Gasteiger partial charge in [0.1, 0.15) is 0 Å². The predicted molar refractivity (Wildman–Crippen MR) is 42.8 cm³/mol. The summed E-state index contributed by atoms with van der Waals surface area (Å²) in [5.41, 5.74) is 1.34. The van der Waals surface area contributed by atoms with Gasteiger partial charge in [0.15, 0.2) is 0 Å². The van der Waals surface area contributed by atoms with Gasteiger partial charge in [0.25, 0.3) is 0 Å². The third kappa shape index (κ3) is 1.50. The second-order valence-electron chi connectivity index (χ2n) is 2.18. The molecule has 1 heteroatoms. The summed E-state index contributed by atoms with van der Waals surface area (Å²) in [6, 6.07) is 8.10. The van der Waals surface area contributed by atoms with Gasteiger partial charge < -0.3 is 4.74 Å². The lowest BCUT2D eigenvalue weighted by Gasteiger charge is -2.02. The van der Waals surface area contributed by atoms with Crippen LogP contribution in [0.1, 0.15) is 12.5 Å². The van der Waals surface area contributed by atoms with Gasteiger partial charge in [-0.1, -0.05) is 19.1 Å². The van der Waals surface area contributed by atoms with Crippen LogP contribution in [0.15, 0.2) is 24.3 Å². The molecule has 0 saturated carbocycles. The topological polar surface area (TPSA) is 12.8 Å². The predicted octanol–water partition coefficient (Wildman–Crippen LogP) is 2.28. The summed E-state index contributed by atoms with van der Waals surface area (Å²) in [7, 11) is 3.44. The van der Waals surface area contributed by atoms with Gasteiger partial charge in [-0.05, 0) is 19.1 Å². The highest BCUT2D eigenvalue weighted by atomic mass is 16.5. The standard InChI is InChI=1S/C9H12O/c1-3-8-4-6-9(10-2)7-5-8/h4-7,10H,2-3H2,1H3. The van der Waals surface area contributed by atoms with Crippen LogP contribution in [0, 0.1) is 7.11 Å². The largest absolute Gasteiger partial charge is 0.722 e. The van der Waals surface area contributed by atoms with E-state index in [0.717, 1.165) is 12.2 Å². The number of rotatable bonds is 2. The normalized spacial score (nSPS) is 9.40. The molecule has 0 amide bonds. The van der Waals surface area contributed by atoms with Crippen molar-refractivity contribution in [3.8, 4) is 5.75 Å². The van der Waals surface area contributed by atoms with Crippen molar-refractivity contribution in [1.82, 2.24) is 0 Å². The fraction of sp³-hybridized carbons (Fsp3) is 0.222. The summed E-state index contributed by atoms with van der Waals surface area (Å²) in [6.45, 7) is 2.14. The SMILES string of the molecule is [CH2-][OH+]c1ccc(CC)cc1. The van der Waals surface area contributed by atoms with E-state index in [9.17, 15) is 0 Å². The highest BCUT2D eigenvalue weighted by Crippen LogP contribution is 2.12. The van der Waals surface area contributed by atoms with Crippen LogP contribution < -0.4 is 0 Å². The molecule has 1 N–H and O–H groups in total. The van der Waals surface area contributed by atoms with Crippen molar-refractivity contribution in [3.63, 3.8) is 0 Å². The average Bonchev–Trinajstić information content (AvgIpc) is 2.05. The lowest BCUT2D eigenvalue weighted by atomic mass is 10.2. The molecule has 1 nitrogen and oxygen atoms in total. The van der Waals surface area contributed by atoms with Crippen LogP contribution in [-0.2, 0) is 6.42 Å². The molecule has 0 aliphatic heterocycles. The highest BCUT2D eigenvalue weighted by Gasteiger charge is 1.91. The van der Waals surface area contributed by atoms with Gasteiger partial charge in [-0.3, -0.25) is 0 Å². The van der Waals surface area contributed by atoms with Crippen LogP contribution in [0.25, 0.3) is 0 Å². The molecule has 0 fully saturated rings. The lowest BCUT2D eigenvalue weighted by molar-refractivity contribution is 0.186. The molecule has 0 aliphatic rings. The average molecular weight is 136 g/mol. The zero-order chi connectivity index (χ0) is 7.40. The minimum absolute atomic E-state index is 0.942. The molecular formula is C9H12O. The maximum Gasteiger partial charge on any atom is 0.225 e. The minimum atomic E-state index is 0.942. The number of ether oxygens (including phenoxy) is 1. The van der Waals surface area contributed by atoms with Crippen LogP contribution in [0.5, 0.6) is 5.75 Å². The maximum atomic E-state index is 3.80. The molecule has 0 unspecified atom stereocenters. The van der Waals surface area contributed by atoms with Gasteiger partial charge in [0.2, 0.25) is 5.75 Å². The number of aryl methyl sites for hydroxylation is 1. The van der Waals surface area contributed by atoms with Gasteiger partial charge in [-0.15, -0.1) is 0 Å². The van der Waals surface area contributed by atoms with Crippen molar-refractivity contribution in [2.45, 2.75) is 13.3 Å². The van der Waals surface area contributed by atoms with Crippen LogP contribution in [0.4, 0.5) is 0 Å². The second-order valence-corrected chi connectivity index (χ2v) is 2.18. The van der Waals surface area contributed by atoms with Gasteiger partial charge in [0, 0.05) is 12.1 Å². The molecule has 0 bridgehead atoms. The number of hydrogen-bond donors (Lipinski definition) is 0. The molecule has 0 spiro atoms. The third-order valence-corrected chi connectivity index (χ3v) is 1.53. The summed E-state index contributed by atoms with van der Waals surface area (Å²) >= 11 is 0. The van der Waals surface area contributed by atoms with E-state index in [1.54, 1.807) is 0 Å². The molecule has 0 aliphatic carbocycles. The number of aromatic hydroxyl groups is 1. The first-order chi connectivity index (χ1) is 4.86. The summed E-state index contributed by atoms with van der Waals surface area (Å²) in [6.07, 6.45) is 1.08. The lowest BCUT2D eigenvalue weighted by Crippen LogP contribution is -1.79. The highest BCUT2D eigenvalue weighted by molar-refractivity contribution is 5.26. The molecule has 1 aromatic rings. The van der Waals surface area contributed by atoms with Crippen molar-refractivity contribution in [2.75, 3.05) is 0 Å². The number of aliphatic hydroxyl groups is 1. The van der Waals surface area contributed by atoms with E-state index in [0.29, 0.717) is 0 Å². The van der Waals surface area contributed by atoms with E-state index in [1.807, 2.05) is 12.1 Å². The Labute approximate surface area is 61.6 Å². The molecule has 0 heterocycles. The van der Waals surface area contributed by atoms with E-state index in [-0.39, 0.29) is 0 Å². The Morgan fingerprint density at radius 1 is 1.30 bits per heavy atom. The van der Waals surface area contributed by atoms with E-state index in [4.69, 9.17) is 0 Å². The summed E-state index contributed by atoms with van der Waals surface area (Å²) in [4.78, 5) is 0. The van der Waals surface area contributed by atoms with Gasteiger partial charge in [0.05, 0.1) is 0 Å². The first-order valence-corrected chi connectivity index (χ1v) is 3.42. The van der Waals surface area contributed by atoms with Gasteiger partial charge in [-0.25, -0.2) is 0 Å². The second kappa shape index (κ2) is 3.25. The van der Waals surface area contributed by atoms with Crippen molar-refractivity contribution in [1.29, 1.82) is 0 Å². The van der Waals surface area contributed by atoms with E-state index >= 15 is 0 Å². The summed E-state index contributed by atoms with van der Waals surface area (Å²) in [5, 5.41) is 0. The molecule has 0 radical (unpaired) electrons. The quantitative estimate of drug-likeness (QED) is 0.437. The zero-order valence-corrected chi connectivity index (χ0v) is 6.17. The molecule has 0 saturated heterocycles. The molecule has 54 valence electrons. The van der Waals surface area contributed by atoms with E-state index in [2.05, 4.69) is 30.9 Å². The van der Waals surface area contributed by atoms with Crippen LogP contribution >= 0.6 is 0 Å². The van der Waals surface area contributed by atoms with Crippen molar-refractivity contribution < 1.29 is 4.74 Å². The number of hydrogen-bond acceptors (Lipinski definition) is 0. The fourth-order valence-corrected chi connectivity index (χ4v) is 0.837. The zero-order valence-electron chi connectivity index (χ0n) is 6.17. The molecule has 1 aromatic carbocycles.